The summed E-state index contributed by atoms with van der Waals surface area (Å²) in [6, 6.07) is 3.67. The van der Waals surface area contributed by atoms with Gasteiger partial charge in [-0.25, -0.2) is 17.9 Å². The second-order valence-corrected chi connectivity index (χ2v) is 15.0. The fourth-order valence-electron chi connectivity index (χ4n) is 2.18. The normalized spacial score (nSPS) is 12.5. The van der Waals surface area contributed by atoms with Gasteiger partial charge in [-0.15, -0.1) is 0 Å². The molecule has 2 aromatic rings. The summed E-state index contributed by atoms with van der Waals surface area (Å²) >= 11 is 0. The monoisotopic (exact) mass is 404 g/mol. The molecular formula is C15H21ClN2O5SSi. The first-order chi connectivity index (χ1) is 11.5. The Morgan fingerprint density at radius 2 is 2.00 bits per heavy atom. The van der Waals surface area contributed by atoms with Gasteiger partial charge in [-0.2, -0.15) is 5.10 Å². The molecule has 0 amide bonds. The van der Waals surface area contributed by atoms with Crippen LogP contribution in [0, 0.1) is 0 Å². The van der Waals surface area contributed by atoms with Gasteiger partial charge in [0, 0.05) is 36.9 Å². The molecule has 0 saturated heterocycles. The van der Waals surface area contributed by atoms with E-state index in [0.29, 0.717) is 17.5 Å². The van der Waals surface area contributed by atoms with Crippen molar-refractivity contribution in [1.29, 1.82) is 0 Å². The van der Waals surface area contributed by atoms with Gasteiger partial charge in [0.05, 0.1) is 23.1 Å². The van der Waals surface area contributed by atoms with Crippen LogP contribution in [0.15, 0.2) is 23.2 Å². The Balaban J connectivity index is 2.32. The molecule has 10 heteroatoms. The number of hydrogen-bond acceptors (Lipinski definition) is 6. The first-order valence-electron chi connectivity index (χ1n) is 7.63. The molecule has 25 heavy (non-hydrogen) atoms. The van der Waals surface area contributed by atoms with Crippen molar-refractivity contribution in [3.05, 3.63) is 23.9 Å². The number of methoxy groups -OCH3 is 1. The summed E-state index contributed by atoms with van der Waals surface area (Å²) in [5, 5.41) is 4.60. The molecule has 1 aromatic carbocycles. The molecule has 0 fully saturated rings. The quantitative estimate of drug-likeness (QED) is 0.305. The standard InChI is InChI=1S/C15H21ClN2O5SSi/c1-22-15(19)11-7-13-12(14(8-11)24(16,20)21)9-18(17-13)10-23-5-6-25(2,3)4/h7-9H,5-6,10H2,1-4H3. The van der Waals surface area contributed by atoms with Crippen LogP contribution in [-0.4, -0.2) is 46.0 Å². The lowest BCUT2D eigenvalue weighted by Crippen LogP contribution is -2.22. The van der Waals surface area contributed by atoms with Crippen molar-refractivity contribution in [3.8, 4) is 0 Å². The minimum atomic E-state index is -4.05. The molecule has 0 N–H and O–H groups in total. The van der Waals surface area contributed by atoms with E-state index in [0.717, 1.165) is 6.04 Å². The number of halogens is 1. The number of nitrogens with zero attached hydrogens (tertiary/aromatic N) is 2. The number of esters is 1. The summed E-state index contributed by atoms with van der Waals surface area (Å²) in [4.78, 5) is 11.6. The summed E-state index contributed by atoms with van der Waals surface area (Å²) in [6.07, 6.45) is 1.54. The summed E-state index contributed by atoms with van der Waals surface area (Å²) in [6.45, 7) is 7.56. The average Bonchev–Trinajstić information content (AvgIpc) is 2.90. The van der Waals surface area contributed by atoms with Crippen LogP contribution >= 0.6 is 10.7 Å². The van der Waals surface area contributed by atoms with E-state index in [1.165, 1.54) is 23.9 Å². The molecule has 0 radical (unpaired) electrons. The third-order valence-corrected chi connectivity index (χ3v) is 6.60. The van der Waals surface area contributed by atoms with Gasteiger partial charge in [0.15, 0.2) is 0 Å². The molecule has 138 valence electrons. The Hall–Kier alpha value is -1.42. The Bertz CT molecular complexity index is 889. The zero-order valence-corrected chi connectivity index (χ0v) is 17.1. The molecule has 7 nitrogen and oxygen atoms in total. The lowest BCUT2D eigenvalue weighted by molar-refractivity contribution is 0.0600. The first kappa shape index (κ1) is 19.9. The maximum atomic E-state index is 11.8. The van der Waals surface area contributed by atoms with Gasteiger partial charge in [-0.3, -0.25) is 0 Å². The van der Waals surface area contributed by atoms with E-state index < -0.39 is 23.1 Å². The van der Waals surface area contributed by atoms with Crippen molar-refractivity contribution in [3.63, 3.8) is 0 Å². The number of carbonyl (C=O) groups excluding carboxylic acids is 1. The number of hydrogen-bond donors (Lipinski definition) is 0. The van der Waals surface area contributed by atoms with Crippen LogP contribution in [0.2, 0.25) is 25.7 Å². The number of carbonyl (C=O) groups is 1. The van der Waals surface area contributed by atoms with Gasteiger partial charge >= 0.3 is 5.97 Å². The highest BCUT2D eigenvalue weighted by Crippen LogP contribution is 2.27. The molecule has 0 aliphatic heterocycles. The van der Waals surface area contributed by atoms with Crippen LogP contribution in [0.5, 0.6) is 0 Å². The number of rotatable bonds is 7. The van der Waals surface area contributed by atoms with E-state index in [1.807, 2.05) is 0 Å². The van der Waals surface area contributed by atoms with Crippen molar-refractivity contribution in [2.75, 3.05) is 13.7 Å². The first-order valence-corrected chi connectivity index (χ1v) is 13.6. The summed E-state index contributed by atoms with van der Waals surface area (Å²) in [5.41, 5.74) is 0.398. The molecule has 0 aliphatic rings. The van der Waals surface area contributed by atoms with Crippen LogP contribution < -0.4 is 0 Å². The van der Waals surface area contributed by atoms with Gasteiger partial charge < -0.3 is 9.47 Å². The molecule has 2 rings (SSSR count). The highest BCUT2D eigenvalue weighted by molar-refractivity contribution is 8.14. The largest absolute Gasteiger partial charge is 0.465 e. The highest BCUT2D eigenvalue weighted by atomic mass is 35.7. The lowest BCUT2D eigenvalue weighted by atomic mass is 10.2. The van der Waals surface area contributed by atoms with E-state index in [1.54, 1.807) is 6.20 Å². The molecule has 0 aliphatic carbocycles. The smallest absolute Gasteiger partial charge is 0.337 e. The van der Waals surface area contributed by atoms with E-state index in [-0.39, 0.29) is 17.2 Å². The van der Waals surface area contributed by atoms with Crippen molar-refractivity contribution >= 4 is 44.7 Å². The van der Waals surface area contributed by atoms with E-state index in [2.05, 4.69) is 29.5 Å². The Morgan fingerprint density at radius 1 is 1.32 bits per heavy atom. The fourth-order valence-corrected chi connectivity index (χ4v) is 4.01. The fraction of sp³-hybridized carbons (Fsp3) is 0.467. The Labute approximate surface area is 152 Å². The van der Waals surface area contributed by atoms with Gasteiger partial charge in [0.2, 0.25) is 0 Å². The highest BCUT2D eigenvalue weighted by Gasteiger charge is 2.21. The number of ether oxygens (including phenoxy) is 2. The summed E-state index contributed by atoms with van der Waals surface area (Å²) in [7, 11) is 1.48. The topological polar surface area (TPSA) is 87.5 Å². The molecule has 0 spiro atoms. The van der Waals surface area contributed by atoms with Gasteiger partial charge in [0.25, 0.3) is 9.05 Å². The van der Waals surface area contributed by atoms with E-state index >= 15 is 0 Å². The zero-order chi connectivity index (χ0) is 18.8. The SMILES string of the molecule is COC(=O)c1cc(S(=O)(=O)Cl)c2cn(COCC[Si](C)(C)C)nc2c1. The number of aromatic nitrogens is 2. The van der Waals surface area contributed by atoms with Gasteiger partial charge in [-0.05, 0) is 18.2 Å². The summed E-state index contributed by atoms with van der Waals surface area (Å²) in [5.74, 6) is -0.663. The molecular weight excluding hydrogens is 384 g/mol. The predicted octanol–water partition coefficient (Wildman–Crippen LogP) is 3.06. The van der Waals surface area contributed by atoms with Crippen LogP contribution in [0.4, 0.5) is 0 Å². The Morgan fingerprint density at radius 3 is 2.56 bits per heavy atom. The minimum absolute atomic E-state index is 0.0686. The van der Waals surface area contributed by atoms with Crippen LogP contribution in [0.25, 0.3) is 10.9 Å². The van der Waals surface area contributed by atoms with Crippen molar-refractivity contribution in [2.24, 2.45) is 0 Å². The maximum absolute atomic E-state index is 11.8. The number of benzene rings is 1. The molecule has 1 heterocycles. The molecule has 0 saturated carbocycles. The van der Waals surface area contributed by atoms with Gasteiger partial charge in [-0.1, -0.05) is 19.6 Å². The van der Waals surface area contributed by atoms with Crippen molar-refractivity contribution in [1.82, 2.24) is 9.78 Å². The molecule has 0 bridgehead atoms. The van der Waals surface area contributed by atoms with E-state index in [9.17, 15) is 13.2 Å². The maximum Gasteiger partial charge on any atom is 0.337 e. The summed E-state index contributed by atoms with van der Waals surface area (Å²) < 4.78 is 35.4. The van der Waals surface area contributed by atoms with E-state index in [4.69, 9.17) is 15.4 Å². The average molecular weight is 405 g/mol. The molecule has 0 atom stereocenters. The van der Waals surface area contributed by atoms with Crippen molar-refractivity contribution < 1.29 is 22.7 Å². The Kier molecular flexibility index (Phi) is 5.92. The number of fused-ring (bicyclic) bond motifs is 1. The predicted molar refractivity (Wildman–Crippen MR) is 98.2 cm³/mol. The van der Waals surface area contributed by atoms with Crippen LogP contribution in [-0.2, 0) is 25.3 Å². The van der Waals surface area contributed by atoms with Crippen LogP contribution in [0.1, 0.15) is 10.4 Å². The molecule has 1 aromatic heterocycles. The van der Waals surface area contributed by atoms with Gasteiger partial charge in [0.1, 0.15) is 6.73 Å². The van der Waals surface area contributed by atoms with Crippen LogP contribution in [0.3, 0.4) is 0 Å². The lowest BCUT2D eigenvalue weighted by Gasteiger charge is -2.15. The minimum Gasteiger partial charge on any atom is -0.465 e. The second-order valence-electron chi connectivity index (χ2n) is 6.85. The third-order valence-electron chi connectivity index (χ3n) is 3.54. The zero-order valence-electron chi connectivity index (χ0n) is 14.6. The molecule has 0 unspecified atom stereocenters. The third kappa shape index (κ3) is 5.27. The second kappa shape index (κ2) is 7.44. The van der Waals surface area contributed by atoms with Crippen molar-refractivity contribution in [2.45, 2.75) is 37.3 Å².